The molecular formula is C21H22N4O2S. The van der Waals surface area contributed by atoms with Crippen molar-refractivity contribution in [2.45, 2.75) is 46.5 Å². The third kappa shape index (κ3) is 4.12. The first-order valence-corrected chi connectivity index (χ1v) is 9.99. The molecule has 6 nitrogen and oxygen atoms in total. The molecule has 2 N–H and O–H groups in total. The molecular weight excluding hydrogens is 372 g/mol. The van der Waals surface area contributed by atoms with E-state index in [1.165, 1.54) is 11.3 Å². The zero-order valence-electron chi connectivity index (χ0n) is 16.2. The van der Waals surface area contributed by atoms with Gasteiger partial charge in [-0.15, -0.1) is 11.3 Å². The summed E-state index contributed by atoms with van der Waals surface area (Å²) in [7, 11) is 0. The number of carbonyl (C=O) groups excluding carboxylic acids is 2. The summed E-state index contributed by atoms with van der Waals surface area (Å²) in [5.74, 6) is -1.70. The molecule has 0 atom stereocenters. The van der Waals surface area contributed by atoms with Crippen LogP contribution in [0.4, 0.5) is 5.00 Å². The van der Waals surface area contributed by atoms with Gasteiger partial charge in [0.15, 0.2) is 0 Å². The van der Waals surface area contributed by atoms with Crippen LogP contribution in [-0.2, 0) is 22.4 Å². The number of anilines is 1. The van der Waals surface area contributed by atoms with Gasteiger partial charge < -0.3 is 5.32 Å². The molecule has 1 aliphatic rings. The standard InChI is InChI=1S/C21H22N4O2S/c1-12-8-13(2)17(14(3)9-12)11-23-25-20(27)19(26)24-21-16(10-22)15-6-4-5-7-18(15)28-21/h8-9,11H,4-7H2,1-3H3,(H,24,26)(H,25,27)/b23-11+. The van der Waals surface area contributed by atoms with Crippen molar-refractivity contribution in [2.24, 2.45) is 5.10 Å². The summed E-state index contributed by atoms with van der Waals surface area (Å²) in [5.41, 5.74) is 7.90. The van der Waals surface area contributed by atoms with Crippen LogP contribution in [0.5, 0.6) is 0 Å². The fraction of sp³-hybridized carbons (Fsp3) is 0.333. The molecule has 7 heteroatoms. The number of nitrogens with one attached hydrogen (secondary N) is 2. The van der Waals surface area contributed by atoms with Gasteiger partial charge in [0.05, 0.1) is 11.8 Å². The Hall–Kier alpha value is -2.98. The Balaban J connectivity index is 1.67. The van der Waals surface area contributed by atoms with E-state index < -0.39 is 11.8 Å². The normalized spacial score (nSPS) is 13.1. The summed E-state index contributed by atoms with van der Waals surface area (Å²) in [6.07, 6.45) is 5.42. The molecule has 0 saturated carbocycles. The largest absolute Gasteiger partial charge is 0.329 e. The van der Waals surface area contributed by atoms with Crippen molar-refractivity contribution in [3.63, 3.8) is 0 Å². The lowest BCUT2D eigenvalue weighted by Gasteiger charge is -2.09. The number of benzene rings is 1. The molecule has 1 aliphatic carbocycles. The van der Waals surface area contributed by atoms with E-state index in [1.807, 2.05) is 32.9 Å². The zero-order valence-corrected chi connectivity index (χ0v) is 17.0. The molecule has 1 aromatic heterocycles. The maximum atomic E-state index is 12.2. The molecule has 3 rings (SSSR count). The molecule has 0 bridgehead atoms. The van der Waals surface area contributed by atoms with Gasteiger partial charge in [-0.05, 0) is 63.1 Å². The van der Waals surface area contributed by atoms with Crippen molar-refractivity contribution in [1.29, 1.82) is 5.26 Å². The topological polar surface area (TPSA) is 94.3 Å². The first-order chi connectivity index (χ1) is 13.4. The SMILES string of the molecule is Cc1cc(C)c(/C=N/NC(=O)C(=O)Nc2sc3c(c2C#N)CCCC3)c(C)c1. The average Bonchev–Trinajstić information content (AvgIpc) is 3.00. The number of hydrogen-bond acceptors (Lipinski definition) is 5. The van der Waals surface area contributed by atoms with Crippen LogP contribution in [0.3, 0.4) is 0 Å². The van der Waals surface area contributed by atoms with Crippen molar-refractivity contribution in [3.05, 3.63) is 50.4 Å². The number of nitrogens with zero attached hydrogens (tertiary/aromatic N) is 2. The molecule has 0 fully saturated rings. The summed E-state index contributed by atoms with van der Waals surface area (Å²) < 4.78 is 0. The minimum absolute atomic E-state index is 0.448. The van der Waals surface area contributed by atoms with Crippen LogP contribution in [0, 0.1) is 32.1 Å². The molecule has 0 aliphatic heterocycles. The highest BCUT2D eigenvalue weighted by Gasteiger charge is 2.23. The summed E-state index contributed by atoms with van der Waals surface area (Å²) >= 11 is 1.39. The van der Waals surface area contributed by atoms with Gasteiger partial charge in [0.2, 0.25) is 0 Å². The lowest BCUT2D eigenvalue weighted by molar-refractivity contribution is -0.136. The minimum Gasteiger partial charge on any atom is -0.308 e. The second-order valence-corrected chi connectivity index (χ2v) is 8.10. The molecule has 1 aromatic carbocycles. The quantitative estimate of drug-likeness (QED) is 0.474. The lowest BCUT2D eigenvalue weighted by atomic mass is 9.96. The Labute approximate surface area is 168 Å². The molecule has 1 heterocycles. The highest BCUT2D eigenvalue weighted by atomic mass is 32.1. The number of fused-ring (bicyclic) bond motifs is 1. The average molecular weight is 395 g/mol. The molecule has 28 heavy (non-hydrogen) atoms. The summed E-state index contributed by atoms with van der Waals surface area (Å²) in [5, 5.41) is 16.4. The highest BCUT2D eigenvalue weighted by molar-refractivity contribution is 7.16. The molecule has 0 unspecified atom stereocenters. The Morgan fingerprint density at radius 3 is 2.50 bits per heavy atom. The third-order valence-electron chi connectivity index (χ3n) is 4.81. The molecule has 2 amide bonds. The number of carbonyl (C=O) groups is 2. The summed E-state index contributed by atoms with van der Waals surface area (Å²) in [4.78, 5) is 25.4. The smallest absolute Gasteiger partial charge is 0.308 e. The lowest BCUT2D eigenvalue weighted by Crippen LogP contribution is -2.32. The van der Waals surface area contributed by atoms with Crippen molar-refractivity contribution in [3.8, 4) is 6.07 Å². The molecule has 0 radical (unpaired) electrons. The van der Waals surface area contributed by atoms with Gasteiger partial charge in [-0.3, -0.25) is 9.59 Å². The maximum Gasteiger partial charge on any atom is 0.329 e. The molecule has 2 aromatic rings. The van der Waals surface area contributed by atoms with Gasteiger partial charge in [-0.25, -0.2) is 5.43 Å². The second kappa shape index (κ2) is 8.36. The van der Waals surface area contributed by atoms with Crippen LogP contribution in [0.15, 0.2) is 17.2 Å². The first kappa shape index (κ1) is 19.8. The number of thiophene rings is 1. The molecule has 0 saturated heterocycles. The number of hydrazone groups is 1. The van der Waals surface area contributed by atoms with Crippen LogP contribution < -0.4 is 10.7 Å². The number of nitriles is 1. The highest BCUT2D eigenvalue weighted by Crippen LogP contribution is 2.37. The Morgan fingerprint density at radius 1 is 1.14 bits per heavy atom. The van der Waals surface area contributed by atoms with Crippen LogP contribution in [0.2, 0.25) is 0 Å². The van der Waals surface area contributed by atoms with E-state index >= 15 is 0 Å². The number of hydrogen-bond donors (Lipinski definition) is 2. The first-order valence-electron chi connectivity index (χ1n) is 9.17. The third-order valence-corrected chi connectivity index (χ3v) is 6.02. The number of aryl methyl sites for hydroxylation is 4. The Bertz CT molecular complexity index is 991. The number of rotatable bonds is 3. The van der Waals surface area contributed by atoms with Crippen molar-refractivity contribution in [1.82, 2.24) is 5.43 Å². The second-order valence-electron chi connectivity index (χ2n) is 6.99. The summed E-state index contributed by atoms with van der Waals surface area (Å²) in [6.45, 7) is 5.96. The maximum absolute atomic E-state index is 12.2. The van der Waals surface area contributed by atoms with E-state index in [-0.39, 0.29) is 0 Å². The van der Waals surface area contributed by atoms with Crippen molar-refractivity contribution in [2.75, 3.05) is 5.32 Å². The van der Waals surface area contributed by atoms with Crippen molar-refractivity contribution < 1.29 is 9.59 Å². The van der Waals surface area contributed by atoms with E-state index in [4.69, 9.17) is 0 Å². The van der Waals surface area contributed by atoms with E-state index in [0.29, 0.717) is 10.6 Å². The van der Waals surface area contributed by atoms with Gasteiger partial charge in [-0.2, -0.15) is 10.4 Å². The van der Waals surface area contributed by atoms with Crippen LogP contribution >= 0.6 is 11.3 Å². The van der Waals surface area contributed by atoms with Gasteiger partial charge in [0.1, 0.15) is 11.1 Å². The summed E-state index contributed by atoms with van der Waals surface area (Å²) in [6, 6.07) is 6.23. The predicted molar refractivity (Wildman–Crippen MR) is 111 cm³/mol. The van der Waals surface area contributed by atoms with Gasteiger partial charge in [0.25, 0.3) is 0 Å². The van der Waals surface area contributed by atoms with E-state index in [1.54, 1.807) is 6.21 Å². The van der Waals surface area contributed by atoms with Gasteiger partial charge >= 0.3 is 11.8 Å². The Morgan fingerprint density at radius 2 is 1.82 bits per heavy atom. The van der Waals surface area contributed by atoms with Gasteiger partial charge in [-0.1, -0.05) is 17.7 Å². The minimum atomic E-state index is -0.867. The van der Waals surface area contributed by atoms with E-state index in [2.05, 4.69) is 21.9 Å². The van der Waals surface area contributed by atoms with Gasteiger partial charge in [0, 0.05) is 10.4 Å². The molecule has 144 valence electrons. The van der Waals surface area contributed by atoms with Crippen molar-refractivity contribution >= 4 is 34.4 Å². The Kier molecular flexibility index (Phi) is 5.90. The molecule has 0 spiro atoms. The van der Waals surface area contributed by atoms with E-state index in [9.17, 15) is 14.9 Å². The predicted octanol–water partition coefficient (Wildman–Crippen LogP) is 3.51. The van der Waals surface area contributed by atoms with Crippen LogP contribution in [0.25, 0.3) is 0 Å². The monoisotopic (exact) mass is 394 g/mol. The number of amides is 2. The fourth-order valence-electron chi connectivity index (χ4n) is 3.53. The zero-order chi connectivity index (χ0) is 20.3. The van der Waals surface area contributed by atoms with Crippen LogP contribution in [-0.4, -0.2) is 18.0 Å². The fourth-order valence-corrected chi connectivity index (χ4v) is 4.77. The van der Waals surface area contributed by atoms with Crippen LogP contribution in [0.1, 0.15) is 51.1 Å². The van der Waals surface area contributed by atoms with E-state index in [0.717, 1.165) is 58.4 Å².